The van der Waals surface area contributed by atoms with Gasteiger partial charge in [0.1, 0.15) is 5.82 Å². The molecule has 0 saturated heterocycles. The molecule has 23 heavy (non-hydrogen) atoms. The SMILES string of the molecule is Cc1cc(C)c(C(C)NC(=O)/C=C/c2ccc(F)cc2)cc1C. The molecule has 0 radical (unpaired) electrons. The first kappa shape index (κ1) is 16.9. The van der Waals surface area contributed by atoms with Gasteiger partial charge in [-0.15, -0.1) is 0 Å². The van der Waals surface area contributed by atoms with Gasteiger partial charge in [0.05, 0.1) is 6.04 Å². The smallest absolute Gasteiger partial charge is 0.244 e. The van der Waals surface area contributed by atoms with Crippen molar-refractivity contribution in [3.8, 4) is 0 Å². The number of hydrogen-bond donors (Lipinski definition) is 1. The van der Waals surface area contributed by atoms with Gasteiger partial charge in [0.25, 0.3) is 0 Å². The molecule has 0 aliphatic carbocycles. The van der Waals surface area contributed by atoms with Crippen LogP contribution in [0.25, 0.3) is 6.08 Å². The van der Waals surface area contributed by atoms with Gasteiger partial charge in [0, 0.05) is 6.08 Å². The molecule has 0 aromatic heterocycles. The first-order chi connectivity index (χ1) is 10.9. The number of rotatable bonds is 4. The van der Waals surface area contributed by atoms with Gasteiger partial charge in [-0.1, -0.05) is 24.3 Å². The highest BCUT2D eigenvalue weighted by atomic mass is 19.1. The Kier molecular flexibility index (Phi) is 5.32. The van der Waals surface area contributed by atoms with Crippen molar-refractivity contribution in [1.29, 1.82) is 0 Å². The third-order valence-corrected chi connectivity index (χ3v) is 4.00. The summed E-state index contributed by atoms with van der Waals surface area (Å²) >= 11 is 0. The van der Waals surface area contributed by atoms with Gasteiger partial charge in [-0.05, 0) is 73.7 Å². The molecule has 0 heterocycles. The van der Waals surface area contributed by atoms with Crippen LogP contribution in [0, 0.1) is 26.6 Å². The van der Waals surface area contributed by atoms with E-state index in [2.05, 4.69) is 38.2 Å². The highest BCUT2D eigenvalue weighted by Gasteiger charge is 2.11. The van der Waals surface area contributed by atoms with Crippen molar-refractivity contribution in [3.63, 3.8) is 0 Å². The molecule has 2 aromatic rings. The highest BCUT2D eigenvalue weighted by molar-refractivity contribution is 5.92. The fourth-order valence-corrected chi connectivity index (χ4v) is 2.53. The van der Waals surface area contributed by atoms with E-state index in [1.165, 1.54) is 34.9 Å². The van der Waals surface area contributed by atoms with Crippen molar-refractivity contribution in [3.05, 3.63) is 76.1 Å². The van der Waals surface area contributed by atoms with Crippen LogP contribution in [0.4, 0.5) is 4.39 Å². The molecule has 2 rings (SSSR count). The van der Waals surface area contributed by atoms with Crippen LogP contribution in [-0.2, 0) is 4.79 Å². The molecule has 2 aromatic carbocycles. The van der Waals surface area contributed by atoms with E-state index in [4.69, 9.17) is 0 Å². The van der Waals surface area contributed by atoms with Crippen molar-refractivity contribution in [1.82, 2.24) is 5.32 Å². The second kappa shape index (κ2) is 7.23. The second-order valence-electron chi connectivity index (χ2n) is 5.91. The zero-order chi connectivity index (χ0) is 17.0. The van der Waals surface area contributed by atoms with Crippen molar-refractivity contribution in [2.24, 2.45) is 0 Å². The van der Waals surface area contributed by atoms with Crippen LogP contribution in [0.5, 0.6) is 0 Å². The predicted molar refractivity (Wildman–Crippen MR) is 92.6 cm³/mol. The third kappa shape index (κ3) is 4.52. The van der Waals surface area contributed by atoms with Gasteiger partial charge in [-0.2, -0.15) is 0 Å². The van der Waals surface area contributed by atoms with E-state index in [-0.39, 0.29) is 17.8 Å². The van der Waals surface area contributed by atoms with Crippen molar-refractivity contribution >= 4 is 12.0 Å². The van der Waals surface area contributed by atoms with Gasteiger partial charge < -0.3 is 5.32 Å². The number of carbonyl (C=O) groups is 1. The van der Waals surface area contributed by atoms with Crippen LogP contribution >= 0.6 is 0 Å². The largest absolute Gasteiger partial charge is 0.346 e. The van der Waals surface area contributed by atoms with Gasteiger partial charge in [0.15, 0.2) is 0 Å². The minimum absolute atomic E-state index is 0.0698. The molecule has 1 N–H and O–H groups in total. The maximum Gasteiger partial charge on any atom is 0.244 e. The molecule has 0 saturated carbocycles. The number of amides is 1. The molecule has 0 spiro atoms. The molecule has 0 fully saturated rings. The number of hydrogen-bond acceptors (Lipinski definition) is 1. The van der Waals surface area contributed by atoms with Gasteiger partial charge >= 0.3 is 0 Å². The van der Waals surface area contributed by atoms with E-state index in [1.54, 1.807) is 18.2 Å². The Morgan fingerprint density at radius 3 is 2.30 bits per heavy atom. The lowest BCUT2D eigenvalue weighted by molar-refractivity contribution is -0.117. The second-order valence-corrected chi connectivity index (χ2v) is 5.91. The van der Waals surface area contributed by atoms with Crippen LogP contribution in [0.3, 0.4) is 0 Å². The van der Waals surface area contributed by atoms with Crippen LogP contribution in [-0.4, -0.2) is 5.91 Å². The molecular weight excluding hydrogens is 289 g/mol. The van der Waals surface area contributed by atoms with E-state index >= 15 is 0 Å². The van der Waals surface area contributed by atoms with Crippen molar-refractivity contribution in [2.45, 2.75) is 33.7 Å². The standard InChI is InChI=1S/C20H22FNO/c1-13-11-15(3)19(12-14(13)2)16(4)22-20(23)10-7-17-5-8-18(21)9-6-17/h5-12,16H,1-4H3,(H,22,23)/b10-7+. The van der Waals surface area contributed by atoms with Crippen molar-refractivity contribution < 1.29 is 9.18 Å². The first-order valence-corrected chi connectivity index (χ1v) is 7.68. The molecule has 1 unspecified atom stereocenters. The van der Waals surface area contributed by atoms with Crippen molar-refractivity contribution in [2.75, 3.05) is 0 Å². The van der Waals surface area contributed by atoms with E-state index in [1.807, 2.05) is 6.92 Å². The summed E-state index contributed by atoms with van der Waals surface area (Å²) in [7, 11) is 0. The Bertz CT molecular complexity index is 732. The summed E-state index contributed by atoms with van der Waals surface area (Å²) in [4.78, 5) is 12.1. The lowest BCUT2D eigenvalue weighted by atomic mass is 9.96. The molecule has 1 atom stereocenters. The van der Waals surface area contributed by atoms with Gasteiger partial charge in [-0.3, -0.25) is 4.79 Å². The predicted octanol–water partition coefficient (Wildman–Crippen LogP) is 4.64. The molecule has 0 bridgehead atoms. The fourth-order valence-electron chi connectivity index (χ4n) is 2.53. The minimum atomic E-state index is -0.287. The molecule has 0 aliphatic rings. The van der Waals surface area contributed by atoms with Crippen LogP contribution in [0.15, 0.2) is 42.5 Å². The summed E-state index contributed by atoms with van der Waals surface area (Å²) in [5, 5.41) is 2.97. The zero-order valence-corrected chi connectivity index (χ0v) is 14.0. The molecular formula is C20H22FNO. The topological polar surface area (TPSA) is 29.1 Å². The maximum atomic E-state index is 12.8. The Labute approximate surface area is 137 Å². The highest BCUT2D eigenvalue weighted by Crippen LogP contribution is 2.21. The third-order valence-electron chi connectivity index (χ3n) is 4.00. The Hall–Kier alpha value is -2.42. The average Bonchev–Trinajstić information content (AvgIpc) is 2.50. The van der Waals surface area contributed by atoms with E-state index < -0.39 is 0 Å². The number of aryl methyl sites for hydroxylation is 3. The van der Waals surface area contributed by atoms with E-state index in [0.717, 1.165) is 11.1 Å². The first-order valence-electron chi connectivity index (χ1n) is 7.68. The van der Waals surface area contributed by atoms with Gasteiger partial charge in [-0.25, -0.2) is 4.39 Å². The minimum Gasteiger partial charge on any atom is -0.346 e. The Morgan fingerprint density at radius 2 is 1.65 bits per heavy atom. The lowest BCUT2D eigenvalue weighted by Gasteiger charge is -2.17. The molecule has 0 aliphatic heterocycles. The lowest BCUT2D eigenvalue weighted by Crippen LogP contribution is -2.25. The summed E-state index contributed by atoms with van der Waals surface area (Å²) in [6.07, 6.45) is 3.15. The number of benzene rings is 2. The number of carbonyl (C=O) groups excluding carboxylic acids is 1. The summed E-state index contributed by atoms with van der Waals surface area (Å²) in [5.74, 6) is -0.454. The maximum absolute atomic E-state index is 12.8. The normalized spacial score (nSPS) is 12.4. The monoisotopic (exact) mass is 311 g/mol. The fraction of sp³-hybridized carbons (Fsp3) is 0.250. The zero-order valence-electron chi connectivity index (χ0n) is 14.0. The number of halogens is 1. The quantitative estimate of drug-likeness (QED) is 0.819. The number of nitrogens with one attached hydrogen (secondary N) is 1. The Balaban J connectivity index is 2.05. The van der Waals surface area contributed by atoms with Crippen LogP contribution in [0.2, 0.25) is 0 Å². The molecule has 120 valence electrons. The molecule has 1 amide bonds. The summed E-state index contributed by atoms with van der Waals surface area (Å²) in [6, 6.07) is 10.2. The molecule has 2 nitrogen and oxygen atoms in total. The van der Waals surface area contributed by atoms with Crippen LogP contribution < -0.4 is 5.32 Å². The Morgan fingerprint density at radius 1 is 1.04 bits per heavy atom. The van der Waals surface area contributed by atoms with Crippen LogP contribution in [0.1, 0.15) is 40.8 Å². The summed E-state index contributed by atoms with van der Waals surface area (Å²) in [5.41, 5.74) is 5.55. The van der Waals surface area contributed by atoms with E-state index in [9.17, 15) is 9.18 Å². The van der Waals surface area contributed by atoms with E-state index in [0.29, 0.717) is 0 Å². The molecule has 3 heteroatoms. The average molecular weight is 311 g/mol. The summed E-state index contributed by atoms with van der Waals surface area (Å²) in [6.45, 7) is 8.18. The summed E-state index contributed by atoms with van der Waals surface area (Å²) < 4.78 is 12.8. The van der Waals surface area contributed by atoms with Gasteiger partial charge in [0.2, 0.25) is 5.91 Å².